The quantitative estimate of drug-likeness (QED) is 0.0183. The molecule has 5 aromatic heterocycles. The lowest BCUT2D eigenvalue weighted by Crippen LogP contribution is -2.17. The number of hydrogen-bond donors (Lipinski definition) is 17. The van der Waals surface area contributed by atoms with Crippen molar-refractivity contribution in [2.45, 2.75) is 52.9 Å². The Kier molecular flexibility index (Phi) is 34.9. The summed E-state index contributed by atoms with van der Waals surface area (Å²) in [4.78, 5) is 37.7. The molecule has 0 amide bonds. The molecule has 36 nitrogen and oxygen atoms in total. The van der Waals surface area contributed by atoms with Gasteiger partial charge in [-0.1, -0.05) is 13.3 Å². The van der Waals surface area contributed by atoms with Gasteiger partial charge in [-0.15, -0.1) is 0 Å². The Hall–Kier alpha value is -8.84. The second kappa shape index (κ2) is 40.4. The SMILES string of the molecule is CCCCOc1nc(N)nc(N)c1N.CCOCCCOCCCOc1nc(N)nc(N)c1N.CCOCCOCCOc1nc(N)nc(N)c1N.CNCCCOc1nc(N)nc(N)c1N.CNCOc1nc(N)nc(N)c1N. The van der Waals surface area contributed by atoms with Gasteiger partial charge in [0.15, 0.2) is 29.1 Å². The zero-order chi connectivity index (χ0) is 59.8. The number of nitrogens with one attached hydrogen (secondary N) is 2. The molecule has 450 valence electrons. The Morgan fingerprint density at radius 1 is 0.300 bits per heavy atom. The molecule has 0 aliphatic carbocycles. The number of nitrogens with zero attached hydrogens (tertiary/aromatic N) is 10. The average molecular weight is 1140 g/mol. The lowest BCUT2D eigenvalue weighted by atomic mass is 10.4. The van der Waals surface area contributed by atoms with Crippen molar-refractivity contribution < 1.29 is 42.6 Å². The van der Waals surface area contributed by atoms with Gasteiger partial charge >= 0.3 is 0 Å². The predicted molar refractivity (Wildman–Crippen MR) is 310 cm³/mol. The molecule has 0 aromatic carbocycles. The van der Waals surface area contributed by atoms with Crippen molar-refractivity contribution in [3.8, 4) is 29.4 Å². The van der Waals surface area contributed by atoms with Crippen molar-refractivity contribution in [3.63, 3.8) is 0 Å². The Morgan fingerprint density at radius 2 is 0.588 bits per heavy atom. The number of unbranched alkanes of at least 4 members (excludes halogenated alkanes) is 1. The Labute approximate surface area is 464 Å². The zero-order valence-electron chi connectivity index (χ0n) is 46.2. The van der Waals surface area contributed by atoms with E-state index in [4.69, 9.17) is 129 Å². The third-order valence-corrected chi connectivity index (χ3v) is 9.18. The molecule has 0 unspecified atom stereocenters. The van der Waals surface area contributed by atoms with E-state index >= 15 is 0 Å². The minimum Gasteiger partial charge on any atom is -0.476 e. The summed E-state index contributed by atoms with van der Waals surface area (Å²) >= 11 is 0. The van der Waals surface area contributed by atoms with Gasteiger partial charge in [-0.05, 0) is 53.8 Å². The van der Waals surface area contributed by atoms with Crippen LogP contribution in [0.5, 0.6) is 29.4 Å². The highest BCUT2D eigenvalue weighted by molar-refractivity contribution is 5.68. The lowest BCUT2D eigenvalue weighted by Gasteiger charge is -2.09. The highest BCUT2D eigenvalue weighted by Crippen LogP contribution is 2.27. The second-order valence-corrected chi connectivity index (χ2v) is 15.6. The first kappa shape index (κ1) is 69.2. The molecule has 0 aliphatic heterocycles. The summed E-state index contributed by atoms with van der Waals surface area (Å²) in [6, 6.07) is 0. The Balaban J connectivity index is 0.000000504. The summed E-state index contributed by atoms with van der Waals surface area (Å²) in [6.07, 6.45) is 4.43. The first-order valence-corrected chi connectivity index (χ1v) is 24.9. The van der Waals surface area contributed by atoms with Gasteiger partial charge < -0.3 is 134 Å². The normalized spacial score (nSPS) is 10.3. The molecule has 0 radical (unpaired) electrons. The third-order valence-electron chi connectivity index (χ3n) is 9.18. The molecular formula is C44H85N27O9. The fourth-order valence-electron chi connectivity index (χ4n) is 5.23. The maximum Gasteiger partial charge on any atom is 0.245 e. The molecule has 0 spiro atoms. The van der Waals surface area contributed by atoms with E-state index in [0.29, 0.717) is 66.1 Å². The van der Waals surface area contributed by atoms with Crippen LogP contribution in [-0.2, 0) is 18.9 Å². The summed E-state index contributed by atoms with van der Waals surface area (Å²) in [6.45, 7) is 13.8. The highest BCUT2D eigenvalue weighted by Gasteiger charge is 2.13. The molecule has 5 aromatic rings. The molecule has 0 aliphatic rings. The van der Waals surface area contributed by atoms with Gasteiger partial charge in [0.05, 0.1) is 39.6 Å². The largest absolute Gasteiger partial charge is 0.476 e. The Morgan fingerprint density at radius 3 is 0.950 bits per heavy atom. The first-order chi connectivity index (χ1) is 38.2. The van der Waals surface area contributed by atoms with Gasteiger partial charge in [0, 0.05) is 39.5 Å². The predicted octanol–water partition coefficient (Wildman–Crippen LogP) is -1.52. The lowest BCUT2D eigenvalue weighted by molar-refractivity contribution is 0.0400. The smallest absolute Gasteiger partial charge is 0.245 e. The van der Waals surface area contributed by atoms with Crippen LogP contribution >= 0.6 is 0 Å². The molecule has 5 rings (SSSR count). The molecule has 0 saturated heterocycles. The second-order valence-electron chi connectivity index (χ2n) is 15.6. The number of aromatic nitrogens is 10. The van der Waals surface area contributed by atoms with Crippen LogP contribution in [0.15, 0.2) is 0 Å². The van der Waals surface area contributed by atoms with Crippen molar-refractivity contribution in [2.24, 2.45) is 0 Å². The fourth-order valence-corrected chi connectivity index (χ4v) is 5.23. The van der Waals surface area contributed by atoms with Crippen LogP contribution in [0.4, 0.5) is 87.3 Å². The molecule has 36 heteroatoms. The van der Waals surface area contributed by atoms with E-state index in [0.717, 1.165) is 51.9 Å². The van der Waals surface area contributed by atoms with E-state index in [1.807, 2.05) is 20.9 Å². The van der Waals surface area contributed by atoms with E-state index in [1.165, 1.54) is 0 Å². The van der Waals surface area contributed by atoms with Crippen LogP contribution in [0.3, 0.4) is 0 Å². The number of ether oxygens (including phenoxy) is 9. The first-order valence-electron chi connectivity index (χ1n) is 24.9. The summed E-state index contributed by atoms with van der Waals surface area (Å²) < 4.78 is 47.4. The molecule has 5 heterocycles. The van der Waals surface area contributed by atoms with Gasteiger partial charge in [0.25, 0.3) is 0 Å². The van der Waals surface area contributed by atoms with Gasteiger partial charge in [0.1, 0.15) is 41.8 Å². The number of nitrogen functional groups attached to an aromatic ring is 15. The maximum absolute atomic E-state index is 5.68. The van der Waals surface area contributed by atoms with Crippen molar-refractivity contribution in [2.75, 3.05) is 193 Å². The molecular weight excluding hydrogens is 1050 g/mol. The van der Waals surface area contributed by atoms with Crippen LogP contribution in [0.1, 0.15) is 52.9 Å². The molecule has 0 bridgehead atoms. The summed E-state index contributed by atoms with van der Waals surface area (Å²) in [7, 11) is 3.60. The number of nitrogens with two attached hydrogens (primary N) is 15. The molecule has 0 saturated carbocycles. The van der Waals surface area contributed by atoms with E-state index in [2.05, 4.69) is 67.4 Å². The number of rotatable bonds is 30. The number of anilines is 15. The van der Waals surface area contributed by atoms with E-state index in [9.17, 15) is 0 Å². The molecule has 80 heavy (non-hydrogen) atoms. The highest BCUT2D eigenvalue weighted by atomic mass is 16.5. The van der Waals surface area contributed by atoms with E-state index in [1.54, 1.807) is 7.05 Å². The Bertz CT molecular complexity index is 2510. The van der Waals surface area contributed by atoms with Gasteiger partial charge in [0.2, 0.25) is 59.1 Å². The average Bonchev–Trinajstić information content (AvgIpc) is 3.41. The number of hydrogen-bond acceptors (Lipinski definition) is 36. The van der Waals surface area contributed by atoms with Crippen molar-refractivity contribution in [1.82, 2.24) is 60.5 Å². The van der Waals surface area contributed by atoms with Gasteiger partial charge in [-0.3, -0.25) is 5.32 Å². The van der Waals surface area contributed by atoms with Crippen LogP contribution in [0, 0.1) is 0 Å². The zero-order valence-corrected chi connectivity index (χ0v) is 46.2. The van der Waals surface area contributed by atoms with Crippen LogP contribution in [-0.4, -0.2) is 156 Å². The maximum atomic E-state index is 5.68. The van der Waals surface area contributed by atoms with Crippen LogP contribution in [0.2, 0.25) is 0 Å². The fraction of sp³-hybridized carbons (Fsp3) is 0.545. The van der Waals surface area contributed by atoms with Gasteiger partial charge in [-0.25, -0.2) is 0 Å². The van der Waals surface area contributed by atoms with Crippen LogP contribution < -0.4 is 120 Å². The van der Waals surface area contributed by atoms with Crippen molar-refractivity contribution in [1.29, 1.82) is 0 Å². The van der Waals surface area contributed by atoms with Crippen molar-refractivity contribution in [3.05, 3.63) is 0 Å². The monoisotopic (exact) mass is 1140 g/mol. The molecule has 0 atom stereocenters. The van der Waals surface area contributed by atoms with E-state index in [-0.39, 0.29) is 123 Å². The van der Waals surface area contributed by atoms with E-state index < -0.39 is 0 Å². The molecule has 32 N–H and O–H groups in total. The summed E-state index contributed by atoms with van der Waals surface area (Å²) in [5.41, 5.74) is 83.7. The third kappa shape index (κ3) is 28.5. The van der Waals surface area contributed by atoms with Gasteiger partial charge in [-0.2, -0.15) is 49.8 Å². The summed E-state index contributed by atoms with van der Waals surface area (Å²) in [5, 5.41) is 5.76. The minimum atomic E-state index is 0.0222. The molecule has 0 fully saturated rings. The topological polar surface area (TPSA) is 626 Å². The standard InChI is InChI=1S/C12H23N5O3.C10H19N5O3.C8H16N6O.C8H15N5O.C6H12N6O/c1-2-18-5-3-6-19-7-4-8-20-11-9(13)10(14)16-12(15)17-11;1-2-16-3-4-17-5-6-18-9-7(11)8(12)14-10(13)15-9;1-12-3-2-4-15-7-5(9)6(10)13-8(11)14-7;1-2-3-4-14-7-5(9)6(10)12-8(11)13-7;1-10-2-13-5-3(7)4(8)11-6(9)12-5/h2-8,13H2,1H3,(H4,14,15,16,17);2-6,11H2,1H3,(H4,12,13,14,15);12H,2-4,9H2,1H3,(H4,10,11,13,14);2-4,9H2,1H3,(H4,10,11,12,13);10H,2,7H2,1H3,(H4,8,9,11,12). The minimum absolute atomic E-state index is 0.0222. The summed E-state index contributed by atoms with van der Waals surface area (Å²) in [5.74, 6) is 1.99. The van der Waals surface area contributed by atoms with Crippen LogP contribution in [0.25, 0.3) is 0 Å². The van der Waals surface area contributed by atoms with Crippen molar-refractivity contribution >= 4 is 87.3 Å².